The Morgan fingerprint density at radius 2 is 1.88 bits per heavy atom. The molecule has 0 radical (unpaired) electrons. The Morgan fingerprint density at radius 3 is 2.53 bits per heavy atom. The molecule has 0 unspecified atom stereocenters. The molecule has 6 heteroatoms. The summed E-state index contributed by atoms with van der Waals surface area (Å²) in [6.07, 6.45) is 0.983. The maximum absolute atomic E-state index is 14.4. The van der Waals surface area contributed by atoms with E-state index in [1.54, 1.807) is 19.1 Å². The van der Waals surface area contributed by atoms with Crippen LogP contribution in [0.4, 0.5) is 10.1 Å². The van der Waals surface area contributed by atoms with Gasteiger partial charge in [0.25, 0.3) is 0 Å². The Bertz CT molecular complexity index is 925. The molecule has 1 N–H and O–H groups in total. The van der Waals surface area contributed by atoms with Crippen molar-refractivity contribution in [1.82, 2.24) is 15.1 Å². The SMILES string of the molecule is CC(=O)N[C@@H]1CCN(c2ccc([C@H]3CN(Cc4c(C)cccc4F)C[C@@H]3N(C)C)cc2)C1. The highest BCUT2D eigenvalue weighted by atomic mass is 19.1. The van der Waals surface area contributed by atoms with Gasteiger partial charge in [-0.25, -0.2) is 4.39 Å². The van der Waals surface area contributed by atoms with Gasteiger partial charge in [-0.05, 0) is 56.8 Å². The van der Waals surface area contributed by atoms with Crippen molar-refractivity contribution in [1.29, 1.82) is 0 Å². The molecule has 2 fully saturated rings. The normalized spacial score (nSPS) is 23.8. The molecule has 2 aliphatic heterocycles. The number of nitrogens with one attached hydrogen (secondary N) is 1. The first-order valence-corrected chi connectivity index (χ1v) is 11.6. The van der Waals surface area contributed by atoms with Crippen LogP contribution in [0.5, 0.6) is 0 Å². The Kier molecular flexibility index (Phi) is 6.82. The minimum Gasteiger partial charge on any atom is -0.369 e. The molecule has 2 aromatic rings. The van der Waals surface area contributed by atoms with Crippen LogP contribution in [0, 0.1) is 12.7 Å². The number of carbonyl (C=O) groups excluding carboxylic acids is 1. The van der Waals surface area contributed by atoms with Crippen molar-refractivity contribution in [3.05, 3.63) is 65.0 Å². The van der Waals surface area contributed by atoms with E-state index in [1.807, 2.05) is 13.0 Å². The summed E-state index contributed by atoms with van der Waals surface area (Å²) in [6.45, 7) is 7.89. The van der Waals surface area contributed by atoms with E-state index in [1.165, 1.54) is 11.3 Å². The predicted octanol–water partition coefficient (Wildman–Crippen LogP) is 3.38. The molecule has 2 aliphatic rings. The number of amides is 1. The third kappa shape index (κ3) is 4.97. The van der Waals surface area contributed by atoms with Gasteiger partial charge < -0.3 is 15.1 Å². The number of benzene rings is 2. The smallest absolute Gasteiger partial charge is 0.217 e. The first kappa shape index (κ1) is 22.7. The van der Waals surface area contributed by atoms with E-state index in [-0.39, 0.29) is 17.8 Å². The molecule has 0 aliphatic carbocycles. The van der Waals surface area contributed by atoms with Crippen LogP contribution in [0.2, 0.25) is 0 Å². The standard InChI is InChI=1S/C26H35FN4O/c1-18-6-5-7-25(27)23(18)15-30-16-24(26(17-30)29(3)4)20-8-10-22(11-9-20)31-13-12-21(14-31)28-19(2)32/h5-11,21,24,26H,12-17H2,1-4H3,(H,28,32)/t21-,24-,26+/m1/s1. The van der Waals surface area contributed by atoms with Crippen LogP contribution in [0.15, 0.2) is 42.5 Å². The van der Waals surface area contributed by atoms with Gasteiger partial charge >= 0.3 is 0 Å². The van der Waals surface area contributed by atoms with Gasteiger partial charge in [0.2, 0.25) is 5.91 Å². The lowest BCUT2D eigenvalue weighted by Crippen LogP contribution is -2.35. The lowest BCUT2D eigenvalue weighted by Gasteiger charge is -2.26. The number of nitrogens with zero attached hydrogens (tertiary/aromatic N) is 3. The van der Waals surface area contributed by atoms with Crippen molar-refractivity contribution in [3.63, 3.8) is 0 Å². The van der Waals surface area contributed by atoms with Crippen LogP contribution in [0.3, 0.4) is 0 Å². The fourth-order valence-electron chi connectivity index (χ4n) is 5.27. The number of likely N-dealkylation sites (tertiary alicyclic amines) is 1. The highest BCUT2D eigenvalue weighted by molar-refractivity contribution is 5.73. The summed E-state index contributed by atoms with van der Waals surface area (Å²) in [5.74, 6) is 0.317. The van der Waals surface area contributed by atoms with Crippen LogP contribution >= 0.6 is 0 Å². The fraction of sp³-hybridized carbons (Fsp3) is 0.500. The van der Waals surface area contributed by atoms with Gasteiger partial charge in [0, 0.05) is 68.9 Å². The Labute approximate surface area is 191 Å². The second-order valence-electron chi connectivity index (χ2n) is 9.59. The summed E-state index contributed by atoms with van der Waals surface area (Å²) in [7, 11) is 4.27. The Morgan fingerprint density at radius 1 is 1.12 bits per heavy atom. The number of rotatable bonds is 6. The van der Waals surface area contributed by atoms with E-state index in [9.17, 15) is 9.18 Å². The van der Waals surface area contributed by atoms with Gasteiger partial charge in [0.1, 0.15) is 5.82 Å². The minimum atomic E-state index is -0.109. The number of anilines is 1. The molecule has 4 rings (SSSR count). The molecule has 0 bridgehead atoms. The van der Waals surface area contributed by atoms with Crippen molar-refractivity contribution in [3.8, 4) is 0 Å². The predicted molar refractivity (Wildman–Crippen MR) is 128 cm³/mol. The van der Waals surface area contributed by atoms with Crippen molar-refractivity contribution in [2.75, 3.05) is 45.2 Å². The molecule has 0 spiro atoms. The van der Waals surface area contributed by atoms with Gasteiger partial charge in [-0.2, -0.15) is 0 Å². The van der Waals surface area contributed by atoms with E-state index in [2.05, 4.69) is 58.4 Å². The molecule has 0 saturated carbocycles. The monoisotopic (exact) mass is 438 g/mol. The molecule has 1 amide bonds. The number of carbonyl (C=O) groups is 1. The second-order valence-corrected chi connectivity index (χ2v) is 9.59. The largest absolute Gasteiger partial charge is 0.369 e. The first-order chi connectivity index (χ1) is 15.3. The molecule has 172 valence electrons. The molecule has 2 heterocycles. The number of likely N-dealkylation sites (N-methyl/N-ethyl adjacent to an activating group) is 1. The van der Waals surface area contributed by atoms with Crippen LogP contribution in [-0.4, -0.2) is 68.1 Å². The van der Waals surface area contributed by atoms with E-state index in [0.717, 1.165) is 43.7 Å². The number of hydrogen-bond acceptors (Lipinski definition) is 4. The third-order valence-electron chi connectivity index (χ3n) is 7.04. The van der Waals surface area contributed by atoms with Crippen LogP contribution < -0.4 is 10.2 Å². The lowest BCUT2D eigenvalue weighted by atomic mass is 9.93. The fourth-order valence-corrected chi connectivity index (χ4v) is 5.27. The molecular formula is C26H35FN4O. The van der Waals surface area contributed by atoms with Gasteiger partial charge in [-0.15, -0.1) is 0 Å². The highest BCUT2D eigenvalue weighted by Crippen LogP contribution is 2.33. The average Bonchev–Trinajstić information content (AvgIpc) is 3.38. The maximum atomic E-state index is 14.4. The molecule has 0 aromatic heterocycles. The van der Waals surface area contributed by atoms with E-state index in [4.69, 9.17) is 0 Å². The summed E-state index contributed by atoms with van der Waals surface area (Å²) < 4.78 is 14.4. The number of aryl methyl sites for hydroxylation is 1. The van der Waals surface area contributed by atoms with E-state index >= 15 is 0 Å². The second kappa shape index (κ2) is 9.59. The summed E-state index contributed by atoms with van der Waals surface area (Å²) in [6, 6.07) is 14.9. The Balaban J connectivity index is 1.45. The summed E-state index contributed by atoms with van der Waals surface area (Å²) in [5, 5.41) is 3.03. The zero-order valence-corrected chi connectivity index (χ0v) is 19.6. The van der Waals surface area contributed by atoms with Crippen LogP contribution in [-0.2, 0) is 11.3 Å². The van der Waals surface area contributed by atoms with Crippen molar-refractivity contribution < 1.29 is 9.18 Å². The Hall–Kier alpha value is -2.44. The van der Waals surface area contributed by atoms with Crippen molar-refractivity contribution >= 4 is 11.6 Å². The quantitative estimate of drug-likeness (QED) is 0.751. The lowest BCUT2D eigenvalue weighted by molar-refractivity contribution is -0.119. The zero-order valence-electron chi connectivity index (χ0n) is 19.6. The highest BCUT2D eigenvalue weighted by Gasteiger charge is 2.35. The van der Waals surface area contributed by atoms with Gasteiger partial charge in [0.15, 0.2) is 0 Å². The van der Waals surface area contributed by atoms with E-state index in [0.29, 0.717) is 18.5 Å². The summed E-state index contributed by atoms with van der Waals surface area (Å²) in [4.78, 5) is 18.4. The minimum absolute atomic E-state index is 0.0401. The van der Waals surface area contributed by atoms with Crippen LogP contribution in [0.1, 0.15) is 36.0 Å². The number of halogens is 1. The van der Waals surface area contributed by atoms with E-state index < -0.39 is 0 Å². The first-order valence-electron chi connectivity index (χ1n) is 11.6. The van der Waals surface area contributed by atoms with Crippen molar-refractivity contribution in [2.45, 2.75) is 44.8 Å². The summed E-state index contributed by atoms with van der Waals surface area (Å²) in [5.41, 5.74) is 4.36. The molecule has 2 aromatic carbocycles. The molecular weight excluding hydrogens is 403 g/mol. The number of hydrogen-bond donors (Lipinski definition) is 1. The average molecular weight is 439 g/mol. The van der Waals surface area contributed by atoms with Crippen LogP contribution in [0.25, 0.3) is 0 Å². The third-order valence-corrected chi connectivity index (χ3v) is 7.04. The van der Waals surface area contributed by atoms with Gasteiger partial charge in [0.05, 0.1) is 0 Å². The molecule has 5 nitrogen and oxygen atoms in total. The van der Waals surface area contributed by atoms with Gasteiger partial charge in [-0.1, -0.05) is 24.3 Å². The zero-order chi connectivity index (χ0) is 22.8. The summed E-state index contributed by atoms with van der Waals surface area (Å²) >= 11 is 0. The molecule has 32 heavy (non-hydrogen) atoms. The molecule has 3 atom stereocenters. The van der Waals surface area contributed by atoms with Gasteiger partial charge in [-0.3, -0.25) is 9.69 Å². The maximum Gasteiger partial charge on any atom is 0.217 e. The topological polar surface area (TPSA) is 38.8 Å². The molecule has 2 saturated heterocycles. The van der Waals surface area contributed by atoms with Crippen molar-refractivity contribution in [2.24, 2.45) is 0 Å².